The molecular formula is C18H16N4O4. The van der Waals surface area contributed by atoms with E-state index in [0.29, 0.717) is 10.9 Å². The summed E-state index contributed by atoms with van der Waals surface area (Å²) in [6.45, 7) is 1.77. The van der Waals surface area contributed by atoms with Crippen molar-refractivity contribution in [3.8, 4) is 5.88 Å². The van der Waals surface area contributed by atoms with E-state index in [1.54, 1.807) is 49.5 Å². The van der Waals surface area contributed by atoms with Crippen LogP contribution in [-0.4, -0.2) is 33.1 Å². The summed E-state index contributed by atoms with van der Waals surface area (Å²) in [6.07, 6.45) is 2.92. The third-order valence-corrected chi connectivity index (χ3v) is 3.66. The average molecular weight is 352 g/mol. The molecule has 0 saturated carbocycles. The molecule has 0 atom stereocenters. The number of carbonyl (C=O) groups excluding carboxylic acids is 2. The van der Waals surface area contributed by atoms with Gasteiger partial charge in [0, 0.05) is 17.8 Å². The molecule has 3 aromatic rings. The molecule has 132 valence electrons. The molecule has 0 aliphatic rings. The summed E-state index contributed by atoms with van der Waals surface area (Å²) in [5.74, 6) is -1.33. The van der Waals surface area contributed by atoms with Crippen LogP contribution in [0.3, 0.4) is 0 Å². The predicted molar refractivity (Wildman–Crippen MR) is 93.3 cm³/mol. The maximum atomic E-state index is 12.1. The molecule has 0 bridgehead atoms. The van der Waals surface area contributed by atoms with E-state index in [2.05, 4.69) is 15.2 Å². The van der Waals surface area contributed by atoms with Gasteiger partial charge in [-0.25, -0.2) is 0 Å². The van der Waals surface area contributed by atoms with E-state index in [1.807, 2.05) is 0 Å². The molecule has 1 aromatic carbocycles. The third-order valence-electron chi connectivity index (χ3n) is 3.66. The summed E-state index contributed by atoms with van der Waals surface area (Å²) in [4.78, 5) is 27.7. The Bertz CT molecular complexity index is 980. The number of azo groups is 1. The molecule has 0 aliphatic heterocycles. The van der Waals surface area contributed by atoms with Gasteiger partial charge in [0.05, 0.1) is 17.7 Å². The number of nitrogens with zero attached hydrogens (tertiary/aromatic N) is 4. The first kappa shape index (κ1) is 17.3. The fourth-order valence-electron chi connectivity index (χ4n) is 2.51. The van der Waals surface area contributed by atoms with Crippen molar-refractivity contribution < 1.29 is 19.4 Å². The van der Waals surface area contributed by atoms with Gasteiger partial charge in [-0.05, 0) is 25.1 Å². The molecule has 0 aliphatic carbocycles. The van der Waals surface area contributed by atoms with Gasteiger partial charge in [-0.15, -0.1) is 10.2 Å². The van der Waals surface area contributed by atoms with E-state index in [9.17, 15) is 14.7 Å². The molecule has 26 heavy (non-hydrogen) atoms. The summed E-state index contributed by atoms with van der Waals surface area (Å²) in [6, 6.07) is 10.2. The van der Waals surface area contributed by atoms with Crippen LogP contribution < -0.4 is 0 Å². The lowest BCUT2D eigenvalue weighted by Crippen LogP contribution is -2.12. The lowest BCUT2D eigenvalue weighted by molar-refractivity contribution is -0.143. The van der Waals surface area contributed by atoms with Crippen LogP contribution in [0.1, 0.15) is 17.3 Å². The number of aromatic nitrogens is 2. The van der Waals surface area contributed by atoms with E-state index in [0.717, 1.165) is 0 Å². The summed E-state index contributed by atoms with van der Waals surface area (Å²) < 4.78 is 6.30. The molecule has 8 heteroatoms. The fraction of sp³-hybridized carbons (Fsp3) is 0.167. The summed E-state index contributed by atoms with van der Waals surface area (Å²) >= 11 is 0. The van der Waals surface area contributed by atoms with Gasteiger partial charge >= 0.3 is 5.97 Å². The van der Waals surface area contributed by atoms with Crippen molar-refractivity contribution in [2.45, 2.75) is 13.5 Å². The van der Waals surface area contributed by atoms with Gasteiger partial charge < -0.3 is 9.84 Å². The van der Waals surface area contributed by atoms with E-state index < -0.39 is 11.9 Å². The molecule has 0 saturated heterocycles. The minimum Gasteiger partial charge on any atom is -0.493 e. The second-order valence-electron chi connectivity index (χ2n) is 5.33. The first-order valence-corrected chi connectivity index (χ1v) is 7.93. The summed E-state index contributed by atoms with van der Waals surface area (Å²) in [5.41, 5.74) is 0.981. The van der Waals surface area contributed by atoms with Crippen LogP contribution in [0.15, 0.2) is 59.0 Å². The minimum absolute atomic E-state index is 0.113. The van der Waals surface area contributed by atoms with Crippen LogP contribution in [-0.2, 0) is 16.1 Å². The number of rotatable bonds is 5. The average Bonchev–Trinajstić information content (AvgIpc) is 2.92. The first-order chi connectivity index (χ1) is 12.6. The maximum Gasteiger partial charge on any atom is 0.326 e. The molecule has 8 nitrogen and oxygen atoms in total. The zero-order valence-corrected chi connectivity index (χ0v) is 14.0. The van der Waals surface area contributed by atoms with Gasteiger partial charge in [0.2, 0.25) is 5.88 Å². The second-order valence-corrected chi connectivity index (χ2v) is 5.33. The highest BCUT2D eigenvalue weighted by Crippen LogP contribution is 2.38. The van der Waals surface area contributed by atoms with Crippen molar-refractivity contribution in [1.82, 2.24) is 9.55 Å². The number of carbonyl (C=O) groups is 2. The number of amides is 1. The Morgan fingerprint density at radius 2 is 2.04 bits per heavy atom. The quantitative estimate of drug-likeness (QED) is 0.560. The van der Waals surface area contributed by atoms with Crippen LogP contribution in [0.5, 0.6) is 5.88 Å². The fourth-order valence-corrected chi connectivity index (χ4v) is 2.51. The highest BCUT2D eigenvalue weighted by Gasteiger charge is 2.19. The van der Waals surface area contributed by atoms with E-state index >= 15 is 0 Å². The van der Waals surface area contributed by atoms with Gasteiger partial charge in [0.1, 0.15) is 6.54 Å². The zero-order chi connectivity index (χ0) is 18.5. The summed E-state index contributed by atoms with van der Waals surface area (Å²) in [5, 5.41) is 18.6. The standard InChI is InChI=1S/C18H16N4O4/c1-2-26-15(23)11-22-14-8-4-3-7-13(14)16(18(22)25)20-21-17(24)12-6-5-9-19-10-12/h3-10,25H,2,11H2,1H3. The van der Waals surface area contributed by atoms with Crippen LogP contribution >= 0.6 is 0 Å². The van der Waals surface area contributed by atoms with E-state index in [1.165, 1.54) is 10.8 Å². The molecule has 2 heterocycles. The Kier molecular flexibility index (Phi) is 5.02. The molecule has 0 unspecified atom stereocenters. The highest BCUT2D eigenvalue weighted by molar-refractivity contribution is 5.97. The lowest BCUT2D eigenvalue weighted by atomic mass is 10.2. The van der Waals surface area contributed by atoms with Gasteiger partial charge in [-0.1, -0.05) is 18.2 Å². The maximum absolute atomic E-state index is 12.1. The van der Waals surface area contributed by atoms with Crippen molar-refractivity contribution in [1.29, 1.82) is 0 Å². The van der Waals surface area contributed by atoms with Crippen molar-refractivity contribution >= 4 is 28.5 Å². The van der Waals surface area contributed by atoms with E-state index in [4.69, 9.17) is 4.74 Å². The number of hydrogen-bond donors (Lipinski definition) is 1. The number of hydrogen-bond acceptors (Lipinski definition) is 6. The Balaban J connectivity index is 1.98. The van der Waals surface area contributed by atoms with Crippen LogP contribution in [0.2, 0.25) is 0 Å². The second kappa shape index (κ2) is 7.56. The monoisotopic (exact) mass is 352 g/mol. The van der Waals surface area contributed by atoms with Gasteiger partial charge in [0.15, 0.2) is 5.69 Å². The predicted octanol–water partition coefficient (Wildman–Crippen LogP) is 3.23. The third kappa shape index (κ3) is 3.44. The molecule has 0 spiro atoms. The van der Waals surface area contributed by atoms with Gasteiger partial charge in [-0.3, -0.25) is 19.1 Å². The Hall–Kier alpha value is -3.55. The van der Waals surface area contributed by atoms with Crippen LogP contribution in [0, 0.1) is 0 Å². The topological polar surface area (TPSA) is 106 Å². The number of para-hydroxylation sites is 1. The van der Waals surface area contributed by atoms with Crippen LogP contribution in [0.25, 0.3) is 10.9 Å². The number of ether oxygens (including phenoxy) is 1. The van der Waals surface area contributed by atoms with Crippen molar-refractivity contribution in [2.24, 2.45) is 10.2 Å². The number of fused-ring (bicyclic) bond motifs is 1. The minimum atomic E-state index is -0.584. The number of esters is 1. The number of benzene rings is 1. The van der Waals surface area contributed by atoms with E-state index in [-0.39, 0.29) is 30.3 Å². The summed E-state index contributed by atoms with van der Waals surface area (Å²) in [7, 11) is 0. The largest absolute Gasteiger partial charge is 0.493 e. The molecule has 2 aromatic heterocycles. The molecular weight excluding hydrogens is 336 g/mol. The molecule has 1 amide bonds. The number of aromatic hydroxyl groups is 1. The Labute approximate surface area is 148 Å². The zero-order valence-electron chi connectivity index (χ0n) is 14.0. The number of pyridine rings is 1. The van der Waals surface area contributed by atoms with Gasteiger partial charge in [-0.2, -0.15) is 0 Å². The smallest absolute Gasteiger partial charge is 0.326 e. The highest BCUT2D eigenvalue weighted by atomic mass is 16.5. The molecule has 1 N–H and O–H groups in total. The molecule has 3 rings (SSSR count). The van der Waals surface area contributed by atoms with Crippen molar-refractivity contribution in [2.75, 3.05) is 6.61 Å². The van der Waals surface area contributed by atoms with Gasteiger partial charge in [0.25, 0.3) is 5.91 Å². The van der Waals surface area contributed by atoms with Crippen molar-refractivity contribution in [3.63, 3.8) is 0 Å². The Morgan fingerprint density at radius 3 is 2.77 bits per heavy atom. The van der Waals surface area contributed by atoms with Crippen molar-refractivity contribution in [3.05, 3.63) is 54.4 Å². The van der Waals surface area contributed by atoms with Crippen LogP contribution in [0.4, 0.5) is 5.69 Å². The molecule has 0 radical (unpaired) electrons. The molecule has 0 fully saturated rings. The first-order valence-electron chi connectivity index (χ1n) is 7.93. The Morgan fingerprint density at radius 1 is 1.23 bits per heavy atom. The lowest BCUT2D eigenvalue weighted by Gasteiger charge is -2.06. The normalized spacial score (nSPS) is 11.1. The SMILES string of the molecule is CCOC(=O)Cn1c(O)c(N=NC(=O)c2cccnc2)c2ccccc21.